The molecule has 0 amide bonds. The minimum Gasteiger partial charge on any atom is -0.477 e. The Morgan fingerprint density at radius 3 is 2.57 bits per heavy atom. The SMILES string of the molecule is C[C@@H](O)CCC[C@H](O)CC[C@@H]1[C@@H](CCCc2ccc(C(=O)O)s2)[C@H](Cl)C[C@H]1O. The van der Waals surface area contributed by atoms with Crippen molar-refractivity contribution in [1.82, 2.24) is 0 Å². The molecule has 1 fully saturated rings. The molecule has 5 nitrogen and oxygen atoms in total. The van der Waals surface area contributed by atoms with Gasteiger partial charge in [-0.15, -0.1) is 22.9 Å². The Balaban J connectivity index is 1.77. The molecule has 6 atom stereocenters. The van der Waals surface area contributed by atoms with E-state index in [4.69, 9.17) is 16.7 Å². The van der Waals surface area contributed by atoms with Crippen LogP contribution in [0.15, 0.2) is 12.1 Å². The van der Waals surface area contributed by atoms with Gasteiger partial charge in [0.25, 0.3) is 0 Å². The van der Waals surface area contributed by atoms with Crippen molar-refractivity contribution < 1.29 is 25.2 Å². The van der Waals surface area contributed by atoms with Gasteiger partial charge in [0.15, 0.2) is 0 Å². The van der Waals surface area contributed by atoms with Gasteiger partial charge in [0.2, 0.25) is 0 Å². The van der Waals surface area contributed by atoms with E-state index in [9.17, 15) is 20.1 Å². The van der Waals surface area contributed by atoms with E-state index in [0.29, 0.717) is 30.6 Å². The van der Waals surface area contributed by atoms with Crippen molar-refractivity contribution in [2.45, 2.75) is 88.4 Å². The van der Waals surface area contributed by atoms with Gasteiger partial charge in [-0.05, 0) is 88.7 Å². The van der Waals surface area contributed by atoms with E-state index in [-0.39, 0.29) is 23.3 Å². The van der Waals surface area contributed by atoms with Crippen LogP contribution in [0.25, 0.3) is 0 Å². The van der Waals surface area contributed by atoms with Crippen LogP contribution in [0.3, 0.4) is 0 Å². The number of aryl methyl sites for hydroxylation is 1. The monoisotopic (exact) mass is 432 g/mol. The van der Waals surface area contributed by atoms with Gasteiger partial charge in [-0.1, -0.05) is 0 Å². The van der Waals surface area contributed by atoms with Crippen molar-refractivity contribution in [3.8, 4) is 0 Å². The first-order valence-corrected chi connectivity index (χ1v) is 11.5. The standard InChI is InChI=1S/C21H33ClO5S/c1-13(23)4-2-5-14(24)8-10-17-16(18(22)12-19(17)25)7-3-6-15-9-11-20(28-15)21(26)27/h9,11,13-14,16-19,23-25H,2-8,10,12H2,1H3,(H,26,27)/t13-,14+,16-,17-,18-,19-/m1/s1. The Hall–Kier alpha value is -0.660. The van der Waals surface area contributed by atoms with E-state index in [1.807, 2.05) is 6.07 Å². The maximum atomic E-state index is 11.0. The number of alkyl halides is 1. The molecule has 0 unspecified atom stereocenters. The summed E-state index contributed by atoms with van der Waals surface area (Å²) in [6.45, 7) is 1.76. The zero-order chi connectivity index (χ0) is 20.7. The van der Waals surface area contributed by atoms with Crippen LogP contribution in [0, 0.1) is 11.8 Å². The normalized spacial score (nSPS) is 27.0. The number of aliphatic hydroxyl groups excluding tert-OH is 3. The van der Waals surface area contributed by atoms with Crippen molar-refractivity contribution in [1.29, 1.82) is 0 Å². The summed E-state index contributed by atoms with van der Waals surface area (Å²) in [6.07, 6.45) is 5.64. The number of aliphatic hydroxyl groups is 3. The predicted octanol–water partition coefficient (Wildman–Crippen LogP) is 4.07. The highest BCUT2D eigenvalue weighted by Gasteiger charge is 2.40. The third-order valence-electron chi connectivity index (χ3n) is 5.80. The summed E-state index contributed by atoms with van der Waals surface area (Å²) < 4.78 is 0. The molecular formula is C21H33ClO5S. The minimum atomic E-state index is -0.886. The fourth-order valence-corrected chi connectivity index (χ4v) is 5.64. The highest BCUT2D eigenvalue weighted by molar-refractivity contribution is 7.13. The second-order valence-corrected chi connectivity index (χ2v) is 9.85. The van der Waals surface area contributed by atoms with E-state index >= 15 is 0 Å². The second-order valence-electron chi connectivity index (χ2n) is 8.12. The topological polar surface area (TPSA) is 98.0 Å². The molecule has 4 N–H and O–H groups in total. The van der Waals surface area contributed by atoms with Gasteiger partial charge in [0.1, 0.15) is 4.88 Å². The van der Waals surface area contributed by atoms with E-state index in [1.54, 1.807) is 13.0 Å². The van der Waals surface area contributed by atoms with Crippen LogP contribution in [0.4, 0.5) is 0 Å². The lowest BCUT2D eigenvalue weighted by atomic mass is 9.85. The third-order valence-corrected chi connectivity index (χ3v) is 7.44. The molecule has 0 bridgehead atoms. The maximum Gasteiger partial charge on any atom is 0.345 e. The number of rotatable bonds is 12. The molecule has 0 spiro atoms. The van der Waals surface area contributed by atoms with Crippen molar-refractivity contribution in [2.75, 3.05) is 0 Å². The van der Waals surface area contributed by atoms with Gasteiger partial charge < -0.3 is 20.4 Å². The average molecular weight is 433 g/mol. The zero-order valence-corrected chi connectivity index (χ0v) is 18.0. The summed E-state index contributed by atoms with van der Waals surface area (Å²) in [5.74, 6) is -0.560. The molecule has 1 aliphatic carbocycles. The number of hydrogen-bond donors (Lipinski definition) is 4. The first-order chi connectivity index (χ1) is 13.3. The number of thiophene rings is 1. The number of carbonyl (C=O) groups is 1. The van der Waals surface area contributed by atoms with Crippen LogP contribution in [0.5, 0.6) is 0 Å². The second kappa shape index (κ2) is 11.5. The lowest BCUT2D eigenvalue weighted by Crippen LogP contribution is -2.23. The zero-order valence-electron chi connectivity index (χ0n) is 16.5. The molecule has 0 saturated heterocycles. The van der Waals surface area contributed by atoms with Crippen molar-refractivity contribution in [2.24, 2.45) is 11.8 Å². The molecule has 0 aromatic carbocycles. The Morgan fingerprint density at radius 2 is 1.93 bits per heavy atom. The van der Waals surface area contributed by atoms with Crippen LogP contribution < -0.4 is 0 Å². The summed E-state index contributed by atoms with van der Waals surface area (Å²) >= 11 is 7.82. The maximum absolute atomic E-state index is 11.0. The number of carboxylic acid groups (broad SMARTS) is 1. The van der Waals surface area contributed by atoms with Gasteiger partial charge in [0.05, 0.1) is 18.3 Å². The van der Waals surface area contributed by atoms with Crippen LogP contribution >= 0.6 is 22.9 Å². The largest absolute Gasteiger partial charge is 0.477 e. The Morgan fingerprint density at radius 1 is 1.18 bits per heavy atom. The summed E-state index contributed by atoms with van der Waals surface area (Å²) in [7, 11) is 0. The predicted molar refractivity (Wildman–Crippen MR) is 112 cm³/mol. The van der Waals surface area contributed by atoms with Crippen molar-refractivity contribution in [3.63, 3.8) is 0 Å². The third kappa shape index (κ3) is 7.30. The Bertz CT molecular complexity index is 605. The van der Waals surface area contributed by atoms with E-state index in [2.05, 4.69) is 0 Å². The molecule has 7 heteroatoms. The highest BCUT2D eigenvalue weighted by Crippen LogP contribution is 2.42. The smallest absolute Gasteiger partial charge is 0.345 e. The minimum absolute atomic E-state index is 0.0507. The number of carboxylic acids is 1. The van der Waals surface area contributed by atoms with Crippen LogP contribution in [-0.2, 0) is 6.42 Å². The molecule has 1 aliphatic rings. The first-order valence-electron chi connectivity index (χ1n) is 10.3. The molecule has 1 aromatic heterocycles. The van der Waals surface area contributed by atoms with Crippen LogP contribution in [0.1, 0.15) is 72.8 Å². The summed E-state index contributed by atoms with van der Waals surface area (Å²) in [5.41, 5.74) is 0. The van der Waals surface area contributed by atoms with Crippen molar-refractivity contribution >= 4 is 28.9 Å². The molecular weight excluding hydrogens is 400 g/mol. The van der Waals surface area contributed by atoms with Gasteiger partial charge in [0, 0.05) is 10.3 Å². The number of aromatic carboxylic acids is 1. The van der Waals surface area contributed by atoms with E-state index in [1.165, 1.54) is 11.3 Å². The average Bonchev–Trinajstić information content (AvgIpc) is 3.18. The number of hydrogen-bond acceptors (Lipinski definition) is 5. The molecule has 1 aromatic rings. The van der Waals surface area contributed by atoms with E-state index < -0.39 is 18.2 Å². The lowest BCUT2D eigenvalue weighted by Gasteiger charge is -2.24. The molecule has 2 rings (SSSR count). The van der Waals surface area contributed by atoms with E-state index in [0.717, 1.165) is 37.0 Å². The van der Waals surface area contributed by atoms with Crippen LogP contribution in [-0.4, -0.2) is 50.1 Å². The van der Waals surface area contributed by atoms with Gasteiger partial charge in [-0.2, -0.15) is 0 Å². The molecule has 0 radical (unpaired) electrons. The molecule has 1 saturated carbocycles. The highest BCUT2D eigenvalue weighted by atomic mass is 35.5. The number of halogens is 1. The Kier molecular flexibility index (Phi) is 9.71. The molecule has 0 aliphatic heterocycles. The quantitative estimate of drug-likeness (QED) is 0.373. The molecule has 1 heterocycles. The van der Waals surface area contributed by atoms with Crippen molar-refractivity contribution in [3.05, 3.63) is 21.9 Å². The fourth-order valence-electron chi connectivity index (χ4n) is 4.25. The van der Waals surface area contributed by atoms with Gasteiger partial charge in [-0.3, -0.25) is 0 Å². The first kappa shape index (κ1) is 23.6. The van der Waals surface area contributed by atoms with Gasteiger partial charge >= 0.3 is 5.97 Å². The molecule has 28 heavy (non-hydrogen) atoms. The van der Waals surface area contributed by atoms with Gasteiger partial charge in [-0.25, -0.2) is 4.79 Å². The summed E-state index contributed by atoms with van der Waals surface area (Å²) in [4.78, 5) is 12.4. The lowest BCUT2D eigenvalue weighted by molar-refractivity contribution is 0.0701. The summed E-state index contributed by atoms with van der Waals surface area (Å²) in [5, 5.41) is 38.9. The molecule has 160 valence electrons. The Labute approximate surface area is 176 Å². The summed E-state index contributed by atoms with van der Waals surface area (Å²) in [6, 6.07) is 3.52. The van der Waals surface area contributed by atoms with Crippen LogP contribution in [0.2, 0.25) is 0 Å². The fraction of sp³-hybridized carbons (Fsp3) is 0.762.